The third kappa shape index (κ3) is 6.60. The maximum atomic E-state index is 14.2. The average Bonchev–Trinajstić information content (AvgIpc) is 3.55. The van der Waals surface area contributed by atoms with Crippen LogP contribution in [0.15, 0.2) is 66.0 Å². The summed E-state index contributed by atoms with van der Waals surface area (Å²) < 4.78 is 19.5. The van der Waals surface area contributed by atoms with Crippen LogP contribution in [0.3, 0.4) is 0 Å². The second kappa shape index (κ2) is 11.5. The number of halogens is 1. The first kappa shape index (κ1) is 26.9. The number of amides is 2. The van der Waals surface area contributed by atoms with Crippen LogP contribution in [0.5, 0.6) is 5.75 Å². The van der Waals surface area contributed by atoms with Gasteiger partial charge in [-0.05, 0) is 67.3 Å². The van der Waals surface area contributed by atoms with Crippen LogP contribution in [-0.4, -0.2) is 49.6 Å². The number of thiophene rings is 1. The molecule has 1 N–H and O–H groups in total. The number of hydrogen-bond acceptors (Lipinski definition) is 7. The fraction of sp³-hybridized carbons (Fsp3) is 0.296. The number of tetrazole rings is 1. The topological polar surface area (TPSA) is 102 Å². The van der Waals surface area contributed by atoms with E-state index in [-0.39, 0.29) is 30.4 Å². The molecule has 9 nitrogen and oxygen atoms in total. The summed E-state index contributed by atoms with van der Waals surface area (Å²) in [6, 6.07) is 16.0. The Hall–Kier alpha value is -4.12. The second-order valence-corrected chi connectivity index (χ2v) is 10.7. The molecule has 4 aromatic rings. The van der Waals surface area contributed by atoms with Crippen molar-refractivity contribution >= 4 is 23.2 Å². The number of carbonyl (C=O) groups excluding carboxylic acids is 2. The fourth-order valence-corrected chi connectivity index (χ4v) is 4.57. The Kier molecular flexibility index (Phi) is 8.16. The van der Waals surface area contributed by atoms with Gasteiger partial charge < -0.3 is 15.0 Å². The maximum absolute atomic E-state index is 14.2. The first-order chi connectivity index (χ1) is 18.1. The number of hydrogen-bond donors (Lipinski definition) is 1. The zero-order chi connectivity index (χ0) is 27.3. The molecule has 4 rings (SSSR count). The molecule has 2 amide bonds. The molecule has 2 aromatic carbocycles. The van der Waals surface area contributed by atoms with Gasteiger partial charge in [-0.1, -0.05) is 30.3 Å². The number of nitrogens with one attached hydrogen (secondary N) is 1. The monoisotopic (exact) mass is 536 g/mol. The molecule has 0 saturated carbocycles. The van der Waals surface area contributed by atoms with Gasteiger partial charge in [0.2, 0.25) is 17.6 Å². The number of methoxy groups -OCH3 is 1. The molecule has 0 aliphatic rings. The van der Waals surface area contributed by atoms with Crippen molar-refractivity contribution in [3.8, 4) is 17.1 Å². The lowest BCUT2D eigenvalue weighted by Gasteiger charge is -2.33. The Morgan fingerprint density at radius 1 is 1.11 bits per heavy atom. The Labute approximate surface area is 224 Å². The van der Waals surface area contributed by atoms with Crippen molar-refractivity contribution in [3.05, 3.63) is 82.3 Å². The van der Waals surface area contributed by atoms with Gasteiger partial charge in [0.25, 0.3) is 0 Å². The van der Waals surface area contributed by atoms with Gasteiger partial charge in [0.1, 0.15) is 24.2 Å². The Morgan fingerprint density at radius 2 is 1.84 bits per heavy atom. The van der Waals surface area contributed by atoms with Crippen molar-refractivity contribution in [2.24, 2.45) is 0 Å². The minimum Gasteiger partial charge on any atom is -0.497 e. The minimum atomic E-state index is -0.940. The van der Waals surface area contributed by atoms with Crippen LogP contribution >= 0.6 is 11.3 Å². The van der Waals surface area contributed by atoms with Gasteiger partial charge >= 0.3 is 0 Å². The summed E-state index contributed by atoms with van der Waals surface area (Å²) >= 11 is 1.48. The zero-order valence-corrected chi connectivity index (χ0v) is 22.4. The third-order valence-electron chi connectivity index (χ3n) is 5.56. The van der Waals surface area contributed by atoms with Gasteiger partial charge in [-0.25, -0.2) is 4.39 Å². The number of benzene rings is 2. The van der Waals surface area contributed by atoms with Crippen LogP contribution in [0.25, 0.3) is 11.4 Å². The van der Waals surface area contributed by atoms with E-state index in [2.05, 4.69) is 20.7 Å². The first-order valence-electron chi connectivity index (χ1n) is 11.9. The molecule has 38 heavy (non-hydrogen) atoms. The van der Waals surface area contributed by atoms with Crippen LogP contribution in [0.4, 0.5) is 4.39 Å². The normalized spacial score (nSPS) is 12.1. The maximum Gasteiger partial charge on any atom is 0.247 e. The largest absolute Gasteiger partial charge is 0.497 e. The average molecular weight is 537 g/mol. The van der Waals surface area contributed by atoms with Crippen molar-refractivity contribution in [1.29, 1.82) is 0 Å². The summed E-state index contributed by atoms with van der Waals surface area (Å²) in [5, 5.41) is 17.0. The van der Waals surface area contributed by atoms with Gasteiger partial charge in [-0.3, -0.25) is 9.59 Å². The molecule has 2 heterocycles. The van der Waals surface area contributed by atoms with Crippen LogP contribution in [0.1, 0.15) is 37.3 Å². The smallest absolute Gasteiger partial charge is 0.247 e. The third-order valence-corrected chi connectivity index (χ3v) is 6.42. The molecule has 198 valence electrons. The highest BCUT2D eigenvalue weighted by Crippen LogP contribution is 2.28. The van der Waals surface area contributed by atoms with E-state index < -0.39 is 23.3 Å². The van der Waals surface area contributed by atoms with Gasteiger partial charge in [0, 0.05) is 10.4 Å². The lowest BCUT2D eigenvalue weighted by Crippen LogP contribution is -2.49. The van der Waals surface area contributed by atoms with Gasteiger partial charge in [0.05, 0.1) is 19.2 Å². The second-order valence-electron chi connectivity index (χ2n) is 9.64. The molecule has 2 aromatic heterocycles. The Bertz CT molecular complexity index is 1380. The summed E-state index contributed by atoms with van der Waals surface area (Å²) in [5.74, 6) is -0.520. The standard InChI is InChI=1S/C27H29FN6O3S/c1-27(2,3)29-26(36)24(18-11-13-19(37-4)14-12-18)33(16-20-8-7-15-38-20)23(35)17-34-31-25(30-32-34)21-9-5-6-10-22(21)28/h5-15,24H,16-17H2,1-4H3,(H,29,36). The van der Waals surface area contributed by atoms with Crippen molar-refractivity contribution in [2.75, 3.05) is 7.11 Å². The van der Waals surface area contributed by atoms with E-state index in [0.717, 1.165) is 9.67 Å². The molecule has 0 saturated heterocycles. The van der Waals surface area contributed by atoms with E-state index >= 15 is 0 Å². The van der Waals surface area contributed by atoms with Crippen LogP contribution in [0, 0.1) is 5.82 Å². The molecule has 0 bridgehead atoms. The minimum absolute atomic E-state index is 0.0675. The summed E-state index contributed by atoms with van der Waals surface area (Å²) in [7, 11) is 1.56. The predicted molar refractivity (Wildman–Crippen MR) is 142 cm³/mol. The first-order valence-corrected chi connectivity index (χ1v) is 12.8. The van der Waals surface area contributed by atoms with Crippen LogP contribution in [-0.2, 0) is 22.7 Å². The zero-order valence-electron chi connectivity index (χ0n) is 21.6. The van der Waals surface area contributed by atoms with Crippen molar-refractivity contribution in [3.63, 3.8) is 0 Å². The highest BCUT2D eigenvalue weighted by molar-refractivity contribution is 7.09. The highest BCUT2D eigenvalue weighted by Gasteiger charge is 2.34. The molecular formula is C27H29FN6O3S. The van der Waals surface area contributed by atoms with Crippen LogP contribution < -0.4 is 10.1 Å². The molecule has 0 spiro atoms. The summed E-state index contributed by atoms with van der Waals surface area (Å²) in [6.45, 7) is 5.54. The number of carbonyl (C=O) groups is 2. The van der Waals surface area contributed by atoms with E-state index in [1.165, 1.54) is 28.4 Å². The fourth-order valence-electron chi connectivity index (χ4n) is 3.86. The summed E-state index contributed by atoms with van der Waals surface area (Å²) in [4.78, 5) is 30.9. The number of rotatable bonds is 9. The number of aromatic nitrogens is 4. The van der Waals surface area contributed by atoms with Gasteiger partial charge in [-0.15, -0.1) is 21.5 Å². The predicted octanol–water partition coefficient (Wildman–Crippen LogP) is 4.23. The number of ether oxygens (including phenoxy) is 1. The molecule has 0 radical (unpaired) electrons. The van der Waals surface area contributed by atoms with Crippen molar-refractivity contribution in [2.45, 2.75) is 45.4 Å². The summed E-state index contributed by atoms with van der Waals surface area (Å²) in [6.07, 6.45) is 0. The van der Waals surface area contributed by atoms with Crippen molar-refractivity contribution in [1.82, 2.24) is 30.4 Å². The molecule has 1 unspecified atom stereocenters. The summed E-state index contributed by atoms with van der Waals surface area (Å²) in [5.41, 5.74) is 0.278. The Morgan fingerprint density at radius 3 is 2.47 bits per heavy atom. The molecule has 1 atom stereocenters. The molecule has 11 heteroatoms. The number of nitrogens with zero attached hydrogens (tertiary/aromatic N) is 5. The molecule has 0 aliphatic heterocycles. The lowest BCUT2D eigenvalue weighted by molar-refractivity contribution is -0.143. The Balaban J connectivity index is 1.69. The van der Waals surface area contributed by atoms with E-state index in [0.29, 0.717) is 11.3 Å². The lowest BCUT2D eigenvalue weighted by atomic mass is 10.0. The highest BCUT2D eigenvalue weighted by atomic mass is 32.1. The van der Waals surface area contributed by atoms with E-state index in [9.17, 15) is 14.0 Å². The molecule has 0 fully saturated rings. The van der Waals surface area contributed by atoms with E-state index in [4.69, 9.17) is 4.74 Å². The van der Waals surface area contributed by atoms with Gasteiger partial charge in [-0.2, -0.15) is 4.80 Å². The van der Waals surface area contributed by atoms with E-state index in [1.807, 2.05) is 38.3 Å². The quantitative estimate of drug-likeness (QED) is 0.343. The van der Waals surface area contributed by atoms with Gasteiger partial charge in [0.15, 0.2) is 0 Å². The van der Waals surface area contributed by atoms with Crippen LogP contribution in [0.2, 0.25) is 0 Å². The van der Waals surface area contributed by atoms with Crippen molar-refractivity contribution < 1.29 is 18.7 Å². The molecular weight excluding hydrogens is 507 g/mol. The molecule has 0 aliphatic carbocycles. The SMILES string of the molecule is COc1ccc(C(C(=O)NC(C)(C)C)N(Cc2cccs2)C(=O)Cn2nnc(-c3ccccc3F)n2)cc1. The van der Waals surface area contributed by atoms with E-state index in [1.54, 1.807) is 43.5 Å².